The number of aromatic hydroxyl groups is 1. The van der Waals surface area contributed by atoms with Gasteiger partial charge in [-0.25, -0.2) is 8.78 Å². The molecule has 3 N–H and O–H groups in total. The molecule has 1 aliphatic heterocycles. The first-order chi connectivity index (χ1) is 20.8. The molecule has 236 valence electrons. The zero-order chi connectivity index (χ0) is 32.3. The number of nitrogens with zero attached hydrogens (tertiary/aromatic N) is 1. The van der Waals surface area contributed by atoms with Crippen LogP contribution in [0.15, 0.2) is 18.2 Å². The minimum absolute atomic E-state index is 0.0174. The third kappa shape index (κ3) is 6.85. The van der Waals surface area contributed by atoms with E-state index in [4.69, 9.17) is 24.4 Å². The van der Waals surface area contributed by atoms with E-state index in [0.29, 0.717) is 10.9 Å². The molecule has 4 rings (SSSR count). The lowest BCUT2D eigenvalue weighted by Crippen LogP contribution is -2.28. The highest BCUT2D eigenvalue weighted by Crippen LogP contribution is 2.41. The maximum atomic E-state index is 15.2. The van der Waals surface area contributed by atoms with E-state index in [1.807, 2.05) is 0 Å². The number of amides is 1. The summed E-state index contributed by atoms with van der Waals surface area (Å²) in [6.07, 6.45) is -0.227. The fourth-order valence-electron chi connectivity index (χ4n) is 4.66. The minimum atomic E-state index is -1.11. The highest BCUT2D eigenvalue weighted by atomic mass is 32.1. The Bertz CT molecular complexity index is 1620. The largest absolute Gasteiger partial charge is 0.502 e. The van der Waals surface area contributed by atoms with E-state index < -0.39 is 52.8 Å². The zero-order valence-electron chi connectivity index (χ0n) is 24.1. The number of carbonyl (C=O) groups is 4. The molecular formula is C30H31F2NO10S. The van der Waals surface area contributed by atoms with Crippen LogP contribution in [0.2, 0.25) is 0 Å². The lowest BCUT2D eigenvalue weighted by Gasteiger charge is -2.16. The van der Waals surface area contributed by atoms with Crippen LogP contribution in [-0.2, 0) is 27.5 Å². The Labute approximate surface area is 254 Å². The summed E-state index contributed by atoms with van der Waals surface area (Å²) < 4.78 is 46.8. The SMILES string of the molecule is COc1c(OCCCOc2cc3c(c(F)c2O)CN(C(=O)CC(C)C(=O)O)C3)cc2cc(C(=O)CC(C)C(=O)O)sc2c1F. The van der Waals surface area contributed by atoms with Gasteiger partial charge in [-0.15, -0.1) is 11.3 Å². The molecule has 3 aromatic rings. The summed E-state index contributed by atoms with van der Waals surface area (Å²) >= 11 is 0.897. The molecule has 2 heterocycles. The first kappa shape index (κ1) is 32.5. The fourth-order valence-corrected chi connectivity index (χ4v) is 5.68. The van der Waals surface area contributed by atoms with Gasteiger partial charge in [0.1, 0.15) is 0 Å². The third-order valence-corrected chi connectivity index (χ3v) is 8.41. The molecule has 1 aliphatic rings. The summed E-state index contributed by atoms with van der Waals surface area (Å²) in [6, 6.07) is 4.42. The van der Waals surface area contributed by atoms with Gasteiger partial charge in [0.15, 0.2) is 40.4 Å². The smallest absolute Gasteiger partial charge is 0.306 e. The number of ether oxygens (including phenoxy) is 3. The van der Waals surface area contributed by atoms with Crippen LogP contribution in [-0.4, -0.2) is 64.2 Å². The zero-order valence-corrected chi connectivity index (χ0v) is 25.0. The van der Waals surface area contributed by atoms with Crippen molar-refractivity contribution in [3.05, 3.63) is 45.8 Å². The number of aliphatic carboxylic acids is 2. The van der Waals surface area contributed by atoms with Crippen LogP contribution in [0.5, 0.6) is 23.0 Å². The molecule has 0 fully saturated rings. The predicted octanol–water partition coefficient (Wildman–Crippen LogP) is 4.99. The number of carbonyl (C=O) groups excluding carboxylic acids is 2. The van der Waals surface area contributed by atoms with Crippen molar-refractivity contribution in [2.24, 2.45) is 11.8 Å². The molecule has 1 amide bonds. The number of Topliss-reactive ketones (excluding diaryl/α,β-unsaturated/α-hetero) is 1. The molecule has 1 aromatic heterocycles. The third-order valence-electron chi connectivity index (χ3n) is 7.23. The molecule has 0 spiro atoms. The number of hydrogen-bond donors (Lipinski definition) is 3. The molecule has 11 nitrogen and oxygen atoms in total. The number of phenols is 1. The second kappa shape index (κ2) is 13.5. The molecule has 2 unspecified atom stereocenters. The van der Waals surface area contributed by atoms with Crippen LogP contribution < -0.4 is 14.2 Å². The first-order valence-corrected chi connectivity index (χ1v) is 14.5. The van der Waals surface area contributed by atoms with Crippen molar-refractivity contribution in [3.8, 4) is 23.0 Å². The van der Waals surface area contributed by atoms with Gasteiger partial charge < -0.3 is 34.4 Å². The number of hydrogen-bond acceptors (Lipinski definition) is 9. The normalized spacial score (nSPS) is 13.8. The predicted molar refractivity (Wildman–Crippen MR) is 153 cm³/mol. The standard InChI is InChI=1S/C30H31F2NO10S/c1-14(29(37)38)7-19(34)22-11-16-9-21(27(41-3)25(32)28(16)44-22)43-6-4-5-42-20-10-17-12-33(13-18(17)24(31)26(20)36)23(35)8-15(2)30(39)40/h9-11,14-15,36H,4-8,12-13H2,1-3H3,(H,37,38)(H,39,40). The van der Waals surface area contributed by atoms with Crippen molar-refractivity contribution in [2.75, 3.05) is 20.3 Å². The number of thiophene rings is 1. The lowest BCUT2D eigenvalue weighted by atomic mass is 10.0. The average molecular weight is 636 g/mol. The average Bonchev–Trinajstić information content (AvgIpc) is 3.60. The lowest BCUT2D eigenvalue weighted by molar-refractivity contribution is -0.145. The number of rotatable bonds is 14. The molecule has 14 heteroatoms. The number of carboxylic acid groups (broad SMARTS) is 2. The number of fused-ring (bicyclic) bond motifs is 2. The summed E-state index contributed by atoms with van der Waals surface area (Å²) in [5, 5.41) is 28.8. The summed E-state index contributed by atoms with van der Waals surface area (Å²) in [5.74, 6) is -7.46. The maximum absolute atomic E-state index is 15.2. The maximum Gasteiger partial charge on any atom is 0.306 e. The highest BCUT2D eigenvalue weighted by molar-refractivity contribution is 7.20. The van der Waals surface area contributed by atoms with E-state index in [-0.39, 0.29) is 78.0 Å². The van der Waals surface area contributed by atoms with Gasteiger partial charge >= 0.3 is 11.9 Å². The van der Waals surface area contributed by atoms with Gasteiger partial charge in [-0.1, -0.05) is 13.8 Å². The van der Waals surface area contributed by atoms with Crippen molar-refractivity contribution in [2.45, 2.75) is 46.2 Å². The van der Waals surface area contributed by atoms with Crippen LogP contribution in [0.1, 0.15) is 53.9 Å². The Balaban J connectivity index is 1.37. The van der Waals surface area contributed by atoms with Crippen LogP contribution in [0.4, 0.5) is 8.78 Å². The Morgan fingerprint density at radius 2 is 1.57 bits per heavy atom. The summed E-state index contributed by atoms with van der Waals surface area (Å²) in [7, 11) is 1.26. The number of benzene rings is 2. The van der Waals surface area contributed by atoms with Crippen molar-refractivity contribution < 1.29 is 57.5 Å². The fraction of sp³-hybridized carbons (Fsp3) is 0.400. The Hall–Kier alpha value is -4.46. The summed E-state index contributed by atoms with van der Waals surface area (Å²) in [6.45, 7) is 2.77. The van der Waals surface area contributed by atoms with Gasteiger partial charge in [-0.2, -0.15) is 0 Å². The molecule has 0 aliphatic carbocycles. The molecule has 0 saturated heterocycles. The van der Waals surface area contributed by atoms with E-state index >= 15 is 4.39 Å². The van der Waals surface area contributed by atoms with E-state index in [9.17, 15) is 28.7 Å². The Morgan fingerprint density at radius 3 is 2.20 bits per heavy atom. The van der Waals surface area contributed by atoms with E-state index in [2.05, 4.69) is 0 Å². The van der Waals surface area contributed by atoms with Crippen LogP contribution in [0.25, 0.3) is 10.1 Å². The summed E-state index contributed by atoms with van der Waals surface area (Å²) in [4.78, 5) is 48.7. The molecule has 2 aromatic carbocycles. The van der Waals surface area contributed by atoms with Gasteiger partial charge in [0, 0.05) is 43.3 Å². The van der Waals surface area contributed by atoms with Crippen molar-refractivity contribution in [1.29, 1.82) is 0 Å². The van der Waals surface area contributed by atoms with Crippen LogP contribution in [0.3, 0.4) is 0 Å². The van der Waals surface area contributed by atoms with E-state index in [0.717, 1.165) is 11.3 Å². The van der Waals surface area contributed by atoms with Gasteiger partial charge in [0.2, 0.25) is 5.91 Å². The van der Waals surface area contributed by atoms with Gasteiger partial charge in [-0.3, -0.25) is 19.2 Å². The number of halogens is 2. The molecule has 44 heavy (non-hydrogen) atoms. The van der Waals surface area contributed by atoms with Crippen LogP contribution in [0, 0.1) is 23.5 Å². The number of ketones is 1. The second-order valence-corrected chi connectivity index (χ2v) is 11.6. The Morgan fingerprint density at radius 1 is 0.932 bits per heavy atom. The van der Waals surface area contributed by atoms with Gasteiger partial charge in [0.05, 0.1) is 41.7 Å². The van der Waals surface area contributed by atoms with Gasteiger partial charge in [0.25, 0.3) is 0 Å². The van der Waals surface area contributed by atoms with E-state index in [1.165, 1.54) is 44.1 Å². The number of methoxy groups -OCH3 is 1. The second-order valence-electron chi connectivity index (χ2n) is 10.5. The Kier molecular flexibility index (Phi) is 9.92. The van der Waals surface area contributed by atoms with E-state index in [1.54, 1.807) is 0 Å². The summed E-state index contributed by atoms with van der Waals surface area (Å²) in [5.41, 5.74) is 0.566. The molecule has 2 atom stereocenters. The van der Waals surface area contributed by atoms with Crippen molar-refractivity contribution in [3.63, 3.8) is 0 Å². The van der Waals surface area contributed by atoms with Crippen LogP contribution >= 0.6 is 11.3 Å². The topological polar surface area (TPSA) is 160 Å². The van der Waals surface area contributed by atoms with Crippen molar-refractivity contribution >= 4 is 45.1 Å². The minimum Gasteiger partial charge on any atom is -0.502 e. The van der Waals surface area contributed by atoms with Gasteiger partial charge in [-0.05, 0) is 23.8 Å². The molecular weight excluding hydrogens is 604 g/mol. The molecule has 0 bridgehead atoms. The molecule has 0 radical (unpaired) electrons. The van der Waals surface area contributed by atoms with Crippen molar-refractivity contribution in [1.82, 2.24) is 4.90 Å². The molecule has 0 saturated carbocycles. The highest BCUT2D eigenvalue weighted by Gasteiger charge is 2.31. The number of phenolic OH excluding ortho intramolecular Hbond substituents is 1. The first-order valence-electron chi connectivity index (χ1n) is 13.7. The quantitative estimate of drug-likeness (QED) is 0.163. The monoisotopic (exact) mass is 635 g/mol. The number of carboxylic acids is 2.